The van der Waals surface area contributed by atoms with E-state index in [2.05, 4.69) is 49.7 Å². The van der Waals surface area contributed by atoms with Gasteiger partial charge in [0.25, 0.3) is 5.56 Å². The number of likely N-dealkylation sites (tertiary alicyclic amines) is 1. The van der Waals surface area contributed by atoms with Gasteiger partial charge in [0.2, 0.25) is 11.8 Å². The van der Waals surface area contributed by atoms with Crippen molar-refractivity contribution in [3.63, 3.8) is 0 Å². The Morgan fingerprint density at radius 1 is 1.00 bits per heavy atom. The molecule has 0 radical (unpaired) electrons. The summed E-state index contributed by atoms with van der Waals surface area (Å²) in [6, 6.07) is 9.27. The van der Waals surface area contributed by atoms with Gasteiger partial charge in [0, 0.05) is 67.2 Å². The number of carbonyl (C=O) groups is 2. The van der Waals surface area contributed by atoms with Crippen molar-refractivity contribution in [3.05, 3.63) is 70.0 Å². The van der Waals surface area contributed by atoms with Crippen LogP contribution >= 0.6 is 0 Å². The van der Waals surface area contributed by atoms with Gasteiger partial charge < -0.3 is 19.5 Å². The molecule has 0 saturated carbocycles. The fourth-order valence-electron chi connectivity index (χ4n) is 8.03. The minimum Gasteiger partial charge on any atom is -0.496 e. The number of hydrogen-bond acceptors (Lipinski definition) is 8. The van der Waals surface area contributed by atoms with Gasteiger partial charge in [0.1, 0.15) is 23.1 Å². The molecule has 1 atom stereocenters. The summed E-state index contributed by atoms with van der Waals surface area (Å²) in [4.78, 5) is 40.9. The number of carbonyl (C=O) groups excluding carboxylic acids is 2. The molecule has 5 heterocycles. The Morgan fingerprint density at radius 2 is 1.73 bits per heavy atom. The van der Waals surface area contributed by atoms with Crippen LogP contribution in [-0.2, 0) is 23.2 Å². The van der Waals surface area contributed by atoms with Crippen LogP contribution in [0.3, 0.4) is 0 Å². The third-order valence-corrected chi connectivity index (χ3v) is 10.8. The van der Waals surface area contributed by atoms with Gasteiger partial charge in [0.15, 0.2) is 0 Å². The number of amides is 2. The number of halogens is 1. The van der Waals surface area contributed by atoms with Crippen LogP contribution in [0, 0.1) is 24.6 Å². The minimum absolute atomic E-state index is 0.183. The summed E-state index contributed by atoms with van der Waals surface area (Å²) in [5.41, 5.74) is 5.42. The molecule has 0 spiro atoms. The quantitative estimate of drug-likeness (QED) is 0.230. The topological polar surface area (TPSA) is 125 Å². The smallest absolute Gasteiger partial charge is 0.276 e. The fourth-order valence-corrected chi connectivity index (χ4v) is 8.03. The van der Waals surface area contributed by atoms with Gasteiger partial charge in [-0.2, -0.15) is 5.10 Å². The average molecular weight is 670 g/mol. The van der Waals surface area contributed by atoms with Crippen LogP contribution in [0.1, 0.15) is 49.7 Å². The number of methoxy groups -OCH3 is 1. The van der Waals surface area contributed by atoms with Crippen molar-refractivity contribution in [2.75, 3.05) is 43.5 Å². The Labute approximate surface area is 284 Å². The van der Waals surface area contributed by atoms with Gasteiger partial charge in [-0.25, -0.2) is 4.39 Å². The van der Waals surface area contributed by atoms with Gasteiger partial charge in [-0.05, 0) is 105 Å². The Balaban J connectivity index is 0.934. The number of anilines is 2. The van der Waals surface area contributed by atoms with Crippen LogP contribution in [0.25, 0.3) is 22.0 Å². The first-order chi connectivity index (χ1) is 23.7. The Kier molecular flexibility index (Phi) is 9.15. The number of H-pyrrole nitrogens is 1. The minimum atomic E-state index is -0.390. The summed E-state index contributed by atoms with van der Waals surface area (Å²) >= 11 is 0. The van der Waals surface area contributed by atoms with Crippen molar-refractivity contribution < 1.29 is 18.7 Å². The van der Waals surface area contributed by atoms with Crippen molar-refractivity contribution in [3.8, 4) is 16.9 Å². The van der Waals surface area contributed by atoms with Crippen LogP contribution < -0.4 is 25.8 Å². The van der Waals surface area contributed by atoms with Crippen molar-refractivity contribution in [2.45, 2.75) is 58.0 Å². The molecule has 258 valence electrons. The number of aryl methyl sites for hydroxylation is 2. The highest BCUT2D eigenvalue weighted by molar-refractivity contribution is 6.01. The van der Waals surface area contributed by atoms with E-state index in [1.165, 1.54) is 21.9 Å². The summed E-state index contributed by atoms with van der Waals surface area (Å²) in [5.74, 6) is 1.06. The molecule has 12 heteroatoms. The van der Waals surface area contributed by atoms with E-state index in [9.17, 15) is 14.4 Å². The monoisotopic (exact) mass is 669 g/mol. The lowest BCUT2D eigenvalue weighted by atomic mass is 9.78. The van der Waals surface area contributed by atoms with E-state index < -0.39 is 0 Å². The Hall–Kier alpha value is -4.71. The standard InChI is InChI=1S/C37H44FN7O4/c1-22-16-26(40-31-5-7-34(46)41-36(31)47)4-6-32(22)45-14-10-24(11-15-45)23-8-12-44(13-9-23)21-29-30(38)17-25(18-33(29)49-3)28-20-43(2)37(48)35-27(28)19-39-42-35/h4,6,16-20,23-24,31,40H,5,7-15,21H2,1-3H3,(H,39,42)(H,41,46,47). The second-order valence-electron chi connectivity index (χ2n) is 13.8. The number of piperidine rings is 3. The zero-order chi connectivity index (χ0) is 34.2. The van der Waals surface area contributed by atoms with Gasteiger partial charge in [0.05, 0.1) is 13.3 Å². The maximum atomic E-state index is 15.7. The number of aromatic amines is 1. The van der Waals surface area contributed by atoms with E-state index in [0.717, 1.165) is 63.1 Å². The molecule has 3 aliphatic heterocycles. The van der Waals surface area contributed by atoms with E-state index in [1.807, 2.05) is 12.1 Å². The molecule has 0 aliphatic carbocycles. The highest BCUT2D eigenvalue weighted by Crippen LogP contribution is 2.37. The number of pyridine rings is 1. The molecular weight excluding hydrogens is 625 g/mol. The molecule has 3 N–H and O–H groups in total. The maximum absolute atomic E-state index is 15.7. The normalized spacial score (nSPS) is 19.8. The highest BCUT2D eigenvalue weighted by atomic mass is 19.1. The van der Waals surface area contributed by atoms with E-state index in [-0.39, 0.29) is 29.2 Å². The number of ether oxygens (including phenoxy) is 1. The van der Waals surface area contributed by atoms with Crippen molar-refractivity contribution in [1.29, 1.82) is 0 Å². The first-order valence-corrected chi connectivity index (χ1v) is 17.3. The van der Waals surface area contributed by atoms with E-state index in [0.29, 0.717) is 59.0 Å². The molecular formula is C37H44FN7O4. The molecule has 1 unspecified atom stereocenters. The fraction of sp³-hybridized carbons (Fsp3) is 0.459. The molecule has 4 aromatic rings. The van der Waals surface area contributed by atoms with Gasteiger partial charge in [-0.3, -0.25) is 29.7 Å². The first-order valence-electron chi connectivity index (χ1n) is 17.3. The Morgan fingerprint density at radius 3 is 2.43 bits per heavy atom. The Bertz CT molecular complexity index is 1940. The number of nitrogens with one attached hydrogen (secondary N) is 3. The number of imide groups is 1. The third kappa shape index (κ3) is 6.66. The van der Waals surface area contributed by atoms with E-state index >= 15 is 4.39 Å². The van der Waals surface area contributed by atoms with Crippen LogP contribution in [0.5, 0.6) is 5.75 Å². The van der Waals surface area contributed by atoms with Crippen molar-refractivity contribution in [2.24, 2.45) is 18.9 Å². The lowest BCUT2D eigenvalue weighted by molar-refractivity contribution is -0.133. The predicted octanol–water partition coefficient (Wildman–Crippen LogP) is 4.73. The molecule has 7 rings (SSSR count). The molecule has 3 fully saturated rings. The zero-order valence-electron chi connectivity index (χ0n) is 28.4. The van der Waals surface area contributed by atoms with Crippen molar-refractivity contribution >= 4 is 34.1 Å². The summed E-state index contributed by atoms with van der Waals surface area (Å²) in [6.07, 6.45) is 8.68. The molecule has 3 aliphatic rings. The summed E-state index contributed by atoms with van der Waals surface area (Å²) in [5, 5.41) is 13.2. The number of hydrogen-bond donors (Lipinski definition) is 3. The van der Waals surface area contributed by atoms with Gasteiger partial charge in [-0.15, -0.1) is 0 Å². The SMILES string of the molecule is COc1cc(-c2cn(C)c(=O)c3[nH]ncc23)cc(F)c1CN1CCC(C2CCN(c3ccc(NC4CCC(=O)NC4=O)cc3C)CC2)CC1. The third-order valence-electron chi connectivity index (χ3n) is 10.8. The molecule has 0 bridgehead atoms. The van der Waals surface area contributed by atoms with E-state index in [4.69, 9.17) is 4.74 Å². The molecule has 2 amide bonds. The number of benzene rings is 2. The number of nitrogens with zero attached hydrogens (tertiary/aromatic N) is 4. The number of rotatable bonds is 8. The first kappa shape index (κ1) is 32.8. The number of aromatic nitrogens is 3. The van der Waals surface area contributed by atoms with Crippen molar-refractivity contribution in [1.82, 2.24) is 25.0 Å². The molecule has 11 nitrogen and oxygen atoms in total. The highest BCUT2D eigenvalue weighted by Gasteiger charge is 2.31. The second kappa shape index (κ2) is 13.7. The number of fused-ring (bicyclic) bond motifs is 1. The van der Waals surface area contributed by atoms with Crippen LogP contribution in [-0.4, -0.2) is 70.8 Å². The molecule has 3 saturated heterocycles. The van der Waals surface area contributed by atoms with E-state index in [1.54, 1.807) is 26.6 Å². The zero-order valence-corrected chi connectivity index (χ0v) is 28.4. The van der Waals surface area contributed by atoms with Crippen LogP contribution in [0.15, 0.2) is 47.5 Å². The molecule has 49 heavy (non-hydrogen) atoms. The lowest BCUT2D eigenvalue weighted by Gasteiger charge is -2.41. The summed E-state index contributed by atoms with van der Waals surface area (Å²) < 4.78 is 22.9. The van der Waals surface area contributed by atoms with Gasteiger partial charge >= 0.3 is 0 Å². The molecule has 2 aromatic heterocycles. The molecule has 2 aromatic carbocycles. The second-order valence-corrected chi connectivity index (χ2v) is 13.8. The van der Waals surface area contributed by atoms with Gasteiger partial charge in [-0.1, -0.05) is 0 Å². The lowest BCUT2D eigenvalue weighted by Crippen LogP contribution is -2.47. The van der Waals surface area contributed by atoms with Crippen LogP contribution in [0.2, 0.25) is 0 Å². The summed E-state index contributed by atoms with van der Waals surface area (Å²) in [6.45, 7) is 6.48. The van der Waals surface area contributed by atoms with Crippen LogP contribution in [0.4, 0.5) is 15.8 Å². The summed E-state index contributed by atoms with van der Waals surface area (Å²) in [7, 11) is 3.25. The maximum Gasteiger partial charge on any atom is 0.276 e. The average Bonchev–Trinajstić information content (AvgIpc) is 3.60. The largest absolute Gasteiger partial charge is 0.496 e. The predicted molar refractivity (Wildman–Crippen MR) is 187 cm³/mol.